The minimum atomic E-state index is -0.395. The summed E-state index contributed by atoms with van der Waals surface area (Å²) >= 11 is 4.94. The summed E-state index contributed by atoms with van der Waals surface area (Å²) < 4.78 is 5.25. The van der Waals surface area contributed by atoms with Crippen LogP contribution in [0.5, 0.6) is 0 Å². The van der Waals surface area contributed by atoms with Crippen molar-refractivity contribution >= 4 is 12.6 Å². The standard InChI is InChI=1S/C6H13OS/c1-5(2)7-6(3,4)8/h5H,1-4H3. The van der Waals surface area contributed by atoms with E-state index in [0.717, 1.165) is 0 Å². The van der Waals surface area contributed by atoms with Crippen molar-refractivity contribution in [2.24, 2.45) is 0 Å². The van der Waals surface area contributed by atoms with Gasteiger partial charge in [-0.25, -0.2) is 0 Å². The normalized spacial score (nSPS) is 12.8. The first kappa shape index (κ1) is 8.31. The number of ether oxygens (including phenoxy) is 1. The van der Waals surface area contributed by atoms with Crippen LogP contribution in [0.25, 0.3) is 0 Å². The predicted molar refractivity (Wildman–Crippen MR) is 37.9 cm³/mol. The van der Waals surface area contributed by atoms with Crippen molar-refractivity contribution in [2.75, 3.05) is 0 Å². The van der Waals surface area contributed by atoms with Crippen LogP contribution in [0.2, 0.25) is 0 Å². The summed E-state index contributed by atoms with van der Waals surface area (Å²) in [4.78, 5) is -0.395. The third kappa shape index (κ3) is 6.31. The highest BCUT2D eigenvalue weighted by Gasteiger charge is 2.13. The maximum Gasteiger partial charge on any atom is 0.118 e. The Morgan fingerprint density at radius 2 is 1.75 bits per heavy atom. The van der Waals surface area contributed by atoms with Crippen LogP contribution in [0.3, 0.4) is 0 Å². The third-order valence-electron chi connectivity index (χ3n) is 0.520. The number of rotatable bonds is 2. The van der Waals surface area contributed by atoms with Crippen molar-refractivity contribution in [3.8, 4) is 0 Å². The van der Waals surface area contributed by atoms with Gasteiger partial charge in [-0.2, -0.15) is 0 Å². The fraction of sp³-hybridized carbons (Fsp3) is 1.00. The minimum absolute atomic E-state index is 0.238. The lowest BCUT2D eigenvalue weighted by atomic mass is 10.4. The first-order valence-electron chi connectivity index (χ1n) is 2.80. The average molecular weight is 133 g/mol. The molecule has 0 bridgehead atoms. The second-order valence-electron chi connectivity index (χ2n) is 2.57. The molecule has 0 aliphatic carbocycles. The second-order valence-corrected chi connectivity index (χ2v) is 3.55. The Hall–Kier alpha value is 0.310. The Kier molecular flexibility index (Phi) is 2.84. The van der Waals surface area contributed by atoms with Gasteiger partial charge in [0, 0.05) is 0 Å². The van der Waals surface area contributed by atoms with Gasteiger partial charge >= 0.3 is 0 Å². The third-order valence-corrected chi connectivity index (χ3v) is 0.616. The van der Waals surface area contributed by atoms with Crippen LogP contribution < -0.4 is 0 Å². The van der Waals surface area contributed by atoms with Gasteiger partial charge in [-0.1, -0.05) is 12.6 Å². The topological polar surface area (TPSA) is 9.23 Å². The summed E-state index contributed by atoms with van der Waals surface area (Å²) in [5.41, 5.74) is 0. The van der Waals surface area contributed by atoms with Crippen LogP contribution >= 0.6 is 12.6 Å². The molecule has 0 aromatic heterocycles. The highest BCUT2D eigenvalue weighted by Crippen LogP contribution is 2.15. The number of hydrogen-bond acceptors (Lipinski definition) is 1. The molecule has 0 amide bonds. The molecule has 1 nitrogen and oxygen atoms in total. The van der Waals surface area contributed by atoms with Crippen molar-refractivity contribution < 1.29 is 4.74 Å². The summed E-state index contributed by atoms with van der Waals surface area (Å²) in [6.45, 7) is 7.72. The van der Waals surface area contributed by atoms with Gasteiger partial charge in [0.1, 0.15) is 4.93 Å². The van der Waals surface area contributed by atoms with Crippen molar-refractivity contribution in [3.63, 3.8) is 0 Å². The molecule has 0 unspecified atom stereocenters. The zero-order valence-corrected chi connectivity index (χ0v) is 6.71. The molecule has 0 aliphatic rings. The van der Waals surface area contributed by atoms with Gasteiger partial charge in [0.15, 0.2) is 0 Å². The zero-order chi connectivity index (χ0) is 6.78. The Morgan fingerprint density at radius 3 is 1.75 bits per heavy atom. The Balaban J connectivity index is 3.39. The lowest BCUT2D eigenvalue weighted by molar-refractivity contribution is 0.00793. The SMILES string of the molecule is CC(C)OC(C)(C)[S]. The fourth-order valence-electron chi connectivity index (χ4n) is 0.568. The Morgan fingerprint density at radius 1 is 1.38 bits per heavy atom. The second kappa shape index (κ2) is 2.74. The zero-order valence-electron chi connectivity index (χ0n) is 5.89. The fourth-order valence-corrected chi connectivity index (χ4v) is 0.760. The summed E-state index contributed by atoms with van der Waals surface area (Å²) in [5, 5.41) is 0. The molecule has 0 rings (SSSR count). The van der Waals surface area contributed by atoms with Crippen LogP contribution in [0.15, 0.2) is 0 Å². The first-order chi connectivity index (χ1) is 3.42. The van der Waals surface area contributed by atoms with E-state index in [1.807, 2.05) is 27.7 Å². The summed E-state index contributed by atoms with van der Waals surface area (Å²) in [6, 6.07) is 0. The van der Waals surface area contributed by atoms with E-state index in [9.17, 15) is 0 Å². The van der Waals surface area contributed by atoms with Gasteiger partial charge in [-0.15, -0.1) is 0 Å². The van der Waals surface area contributed by atoms with E-state index in [-0.39, 0.29) is 6.10 Å². The van der Waals surface area contributed by atoms with E-state index >= 15 is 0 Å². The van der Waals surface area contributed by atoms with E-state index in [4.69, 9.17) is 17.4 Å². The van der Waals surface area contributed by atoms with Crippen LogP contribution in [-0.4, -0.2) is 11.0 Å². The molecule has 0 saturated heterocycles. The van der Waals surface area contributed by atoms with Crippen LogP contribution in [-0.2, 0) is 4.74 Å². The van der Waals surface area contributed by atoms with E-state index in [0.29, 0.717) is 0 Å². The van der Waals surface area contributed by atoms with Gasteiger partial charge in [-0.05, 0) is 27.7 Å². The molecule has 8 heavy (non-hydrogen) atoms. The van der Waals surface area contributed by atoms with E-state index in [1.54, 1.807) is 0 Å². The molecule has 0 aromatic rings. The first-order valence-corrected chi connectivity index (χ1v) is 3.21. The lowest BCUT2D eigenvalue weighted by Crippen LogP contribution is -2.20. The monoisotopic (exact) mass is 133 g/mol. The van der Waals surface area contributed by atoms with E-state index < -0.39 is 4.93 Å². The van der Waals surface area contributed by atoms with Gasteiger partial charge in [0.05, 0.1) is 6.10 Å². The maximum absolute atomic E-state index is 5.25. The summed E-state index contributed by atoms with van der Waals surface area (Å²) in [5.74, 6) is 0. The molecule has 0 aromatic carbocycles. The largest absolute Gasteiger partial charge is 0.361 e. The quantitative estimate of drug-likeness (QED) is 0.562. The molecular weight excluding hydrogens is 120 g/mol. The van der Waals surface area contributed by atoms with Crippen LogP contribution in [0, 0.1) is 0 Å². The van der Waals surface area contributed by atoms with Crippen molar-refractivity contribution in [2.45, 2.75) is 38.7 Å². The van der Waals surface area contributed by atoms with Crippen molar-refractivity contribution in [1.82, 2.24) is 0 Å². The molecule has 0 heterocycles. The molecule has 0 spiro atoms. The smallest absolute Gasteiger partial charge is 0.118 e. The average Bonchev–Trinajstić information content (AvgIpc) is 1.21. The van der Waals surface area contributed by atoms with Gasteiger partial charge in [-0.3, -0.25) is 0 Å². The highest BCUT2D eigenvalue weighted by atomic mass is 32.1. The predicted octanol–water partition coefficient (Wildman–Crippen LogP) is 2.35. The molecule has 1 radical (unpaired) electrons. The molecule has 0 fully saturated rings. The molecule has 49 valence electrons. The Bertz CT molecular complexity index is 63.4. The highest BCUT2D eigenvalue weighted by molar-refractivity contribution is 7.81. The lowest BCUT2D eigenvalue weighted by Gasteiger charge is -2.20. The molecule has 0 saturated carbocycles. The Labute approximate surface area is 56.8 Å². The van der Waals surface area contributed by atoms with E-state index in [2.05, 4.69) is 0 Å². The maximum atomic E-state index is 5.25. The number of hydrogen-bond donors (Lipinski definition) is 0. The summed E-state index contributed by atoms with van der Waals surface area (Å²) in [7, 11) is 0. The summed E-state index contributed by atoms with van der Waals surface area (Å²) in [6.07, 6.45) is 0.238. The molecular formula is C6H13OS. The molecule has 0 aliphatic heterocycles. The van der Waals surface area contributed by atoms with Crippen LogP contribution in [0.1, 0.15) is 27.7 Å². The molecule has 2 heteroatoms. The van der Waals surface area contributed by atoms with Gasteiger partial charge < -0.3 is 4.74 Å². The van der Waals surface area contributed by atoms with Gasteiger partial charge in [0.25, 0.3) is 0 Å². The van der Waals surface area contributed by atoms with Crippen LogP contribution in [0.4, 0.5) is 0 Å². The van der Waals surface area contributed by atoms with Crippen molar-refractivity contribution in [3.05, 3.63) is 0 Å². The van der Waals surface area contributed by atoms with E-state index in [1.165, 1.54) is 0 Å². The van der Waals surface area contributed by atoms with Crippen molar-refractivity contribution in [1.29, 1.82) is 0 Å². The minimum Gasteiger partial charge on any atom is -0.361 e. The molecule has 0 N–H and O–H groups in total. The van der Waals surface area contributed by atoms with Gasteiger partial charge in [0.2, 0.25) is 0 Å². The molecule has 0 atom stereocenters.